The number of hydrogen-bond donors (Lipinski definition) is 1. The zero-order valence-electron chi connectivity index (χ0n) is 6.84. The van der Waals surface area contributed by atoms with Crippen molar-refractivity contribution in [3.8, 4) is 11.8 Å². The van der Waals surface area contributed by atoms with Gasteiger partial charge >= 0.3 is 12.1 Å². The summed E-state index contributed by atoms with van der Waals surface area (Å²) in [6, 6.07) is 0. The topological polar surface area (TPSA) is 64.6 Å². The first kappa shape index (κ1) is 10.3. The van der Waals surface area contributed by atoms with Crippen LogP contribution in [-0.2, 0) is 14.3 Å². The van der Waals surface area contributed by atoms with Gasteiger partial charge in [-0.15, -0.1) is 0 Å². The molecule has 0 aliphatic carbocycles. The van der Waals surface area contributed by atoms with Crippen LogP contribution in [0.4, 0.5) is 4.79 Å². The molecule has 0 aromatic rings. The zero-order chi connectivity index (χ0) is 9.40. The fourth-order valence-corrected chi connectivity index (χ4v) is 0.356. The monoisotopic (exact) mass is 171 g/mol. The minimum absolute atomic E-state index is 0.0573. The van der Waals surface area contributed by atoms with Crippen molar-refractivity contribution in [2.24, 2.45) is 0 Å². The molecule has 0 aromatic heterocycles. The van der Waals surface area contributed by atoms with Crippen LogP contribution >= 0.6 is 0 Å². The highest BCUT2D eigenvalue weighted by Gasteiger charge is 1.93. The Morgan fingerprint density at radius 2 is 2.00 bits per heavy atom. The average molecular weight is 171 g/mol. The number of ether oxygens (including phenoxy) is 2. The van der Waals surface area contributed by atoms with Gasteiger partial charge in [0.15, 0.2) is 0 Å². The van der Waals surface area contributed by atoms with Gasteiger partial charge in [-0.2, -0.15) is 0 Å². The molecule has 66 valence electrons. The Labute approximate surface area is 70.0 Å². The first-order chi connectivity index (χ1) is 5.70. The van der Waals surface area contributed by atoms with E-state index in [4.69, 9.17) is 0 Å². The number of carbonyl (C=O) groups excluding carboxylic acids is 2. The Balaban J connectivity index is 3.59. The van der Waals surface area contributed by atoms with Gasteiger partial charge in [0.1, 0.15) is 0 Å². The lowest BCUT2D eigenvalue weighted by molar-refractivity contribution is -0.133. The van der Waals surface area contributed by atoms with Crippen LogP contribution in [0.2, 0.25) is 0 Å². The van der Waals surface area contributed by atoms with Gasteiger partial charge < -0.3 is 14.8 Å². The number of amides is 1. The molecule has 0 bridgehead atoms. The number of nitrogens with one attached hydrogen (secondary N) is 1. The Bertz CT molecular complexity index is 225. The third-order valence-corrected chi connectivity index (χ3v) is 0.882. The second-order valence-electron chi connectivity index (χ2n) is 1.64. The molecule has 0 aromatic carbocycles. The van der Waals surface area contributed by atoms with Crippen molar-refractivity contribution in [2.75, 3.05) is 20.8 Å². The van der Waals surface area contributed by atoms with Gasteiger partial charge in [-0.25, -0.2) is 9.59 Å². The second kappa shape index (κ2) is 6.04. The minimum atomic E-state index is -0.637. The van der Waals surface area contributed by atoms with E-state index in [1.807, 2.05) is 0 Å². The van der Waals surface area contributed by atoms with Gasteiger partial charge in [-0.3, -0.25) is 0 Å². The molecular weight excluding hydrogens is 162 g/mol. The second-order valence-corrected chi connectivity index (χ2v) is 1.64. The number of alkyl carbamates (subject to hydrolysis) is 1. The summed E-state index contributed by atoms with van der Waals surface area (Å²) in [6.45, 7) is 0.0573. The lowest BCUT2D eigenvalue weighted by atomic mass is 10.5. The van der Waals surface area contributed by atoms with Gasteiger partial charge in [-0.05, 0) is 0 Å². The molecule has 0 saturated heterocycles. The van der Waals surface area contributed by atoms with Gasteiger partial charge in [0.25, 0.3) is 0 Å². The third kappa shape index (κ3) is 5.11. The average Bonchev–Trinajstić information content (AvgIpc) is 2.11. The summed E-state index contributed by atoms with van der Waals surface area (Å²) in [7, 11) is 2.47. The number of rotatable bonds is 1. The van der Waals surface area contributed by atoms with Gasteiger partial charge in [0, 0.05) is 5.92 Å². The molecular formula is C7H9NO4. The van der Waals surface area contributed by atoms with E-state index in [1.54, 1.807) is 0 Å². The predicted octanol–water partition coefficient (Wildman–Crippen LogP) is -0.481. The maximum Gasteiger partial charge on any atom is 0.407 e. The van der Waals surface area contributed by atoms with Crippen molar-refractivity contribution in [1.82, 2.24) is 5.32 Å². The summed E-state index contributed by atoms with van der Waals surface area (Å²) < 4.78 is 8.48. The van der Waals surface area contributed by atoms with E-state index in [9.17, 15) is 9.59 Å². The smallest absolute Gasteiger partial charge is 0.407 e. The van der Waals surface area contributed by atoms with Crippen molar-refractivity contribution in [2.45, 2.75) is 0 Å². The van der Waals surface area contributed by atoms with E-state index in [0.717, 1.165) is 0 Å². The molecule has 0 radical (unpaired) electrons. The molecule has 0 unspecified atom stereocenters. The van der Waals surface area contributed by atoms with Gasteiger partial charge in [-0.1, -0.05) is 5.92 Å². The van der Waals surface area contributed by atoms with E-state index < -0.39 is 12.1 Å². The quantitative estimate of drug-likeness (QED) is 0.329. The molecule has 1 N–H and O–H groups in total. The zero-order valence-corrected chi connectivity index (χ0v) is 6.84. The van der Waals surface area contributed by atoms with Crippen molar-refractivity contribution in [3.63, 3.8) is 0 Å². The summed E-state index contributed by atoms with van der Waals surface area (Å²) in [5.74, 6) is 3.86. The van der Waals surface area contributed by atoms with Crippen LogP contribution in [0.15, 0.2) is 0 Å². The van der Waals surface area contributed by atoms with Crippen LogP contribution in [0.1, 0.15) is 0 Å². The molecule has 5 nitrogen and oxygen atoms in total. The largest absolute Gasteiger partial charge is 0.459 e. The van der Waals surface area contributed by atoms with Crippen molar-refractivity contribution in [3.05, 3.63) is 0 Å². The summed E-state index contributed by atoms with van der Waals surface area (Å²) in [5, 5.41) is 2.27. The normalized spacial score (nSPS) is 7.50. The molecule has 0 aliphatic heterocycles. The van der Waals surface area contributed by atoms with Crippen LogP contribution < -0.4 is 5.32 Å². The van der Waals surface area contributed by atoms with Crippen molar-refractivity contribution < 1.29 is 19.1 Å². The van der Waals surface area contributed by atoms with Crippen molar-refractivity contribution >= 4 is 12.1 Å². The summed E-state index contributed by atoms with van der Waals surface area (Å²) in [4.78, 5) is 20.8. The van der Waals surface area contributed by atoms with Gasteiger partial charge in [0.2, 0.25) is 0 Å². The Morgan fingerprint density at radius 3 is 2.50 bits per heavy atom. The number of esters is 1. The maximum absolute atomic E-state index is 10.4. The highest BCUT2D eigenvalue weighted by molar-refractivity contribution is 5.88. The summed E-state index contributed by atoms with van der Waals surface area (Å²) >= 11 is 0. The molecule has 0 spiro atoms. The molecule has 0 fully saturated rings. The first-order valence-electron chi connectivity index (χ1n) is 3.09. The van der Waals surface area contributed by atoms with E-state index in [0.29, 0.717) is 0 Å². The molecule has 0 rings (SSSR count). The van der Waals surface area contributed by atoms with Crippen LogP contribution in [0.3, 0.4) is 0 Å². The molecule has 0 atom stereocenters. The predicted molar refractivity (Wildman–Crippen MR) is 40.2 cm³/mol. The maximum atomic E-state index is 10.4. The first-order valence-corrected chi connectivity index (χ1v) is 3.09. The fourth-order valence-electron chi connectivity index (χ4n) is 0.356. The van der Waals surface area contributed by atoms with E-state index in [1.165, 1.54) is 14.2 Å². The third-order valence-electron chi connectivity index (χ3n) is 0.882. The van der Waals surface area contributed by atoms with Crippen LogP contribution in [0.5, 0.6) is 0 Å². The Kier molecular flexibility index (Phi) is 5.18. The fraction of sp³-hybridized carbons (Fsp3) is 0.429. The molecule has 5 heteroatoms. The standard InChI is InChI=1S/C7H9NO4/c1-11-6(9)4-3-5-8-7(10)12-2/h5H2,1-2H3,(H,8,10). The Hall–Kier alpha value is -1.70. The number of methoxy groups -OCH3 is 2. The molecule has 0 heterocycles. The lowest BCUT2D eigenvalue weighted by Gasteiger charge is -1.95. The van der Waals surface area contributed by atoms with E-state index in [2.05, 4.69) is 26.6 Å². The molecule has 0 aliphatic rings. The molecule has 12 heavy (non-hydrogen) atoms. The summed E-state index contributed by atoms with van der Waals surface area (Å²) in [6.07, 6.45) is -0.589. The minimum Gasteiger partial charge on any atom is -0.459 e. The number of hydrogen-bond acceptors (Lipinski definition) is 4. The van der Waals surface area contributed by atoms with E-state index >= 15 is 0 Å². The van der Waals surface area contributed by atoms with Gasteiger partial charge in [0.05, 0.1) is 20.8 Å². The molecule has 0 saturated carbocycles. The lowest BCUT2D eigenvalue weighted by Crippen LogP contribution is -2.23. The van der Waals surface area contributed by atoms with E-state index in [-0.39, 0.29) is 6.54 Å². The SMILES string of the molecule is COC(=O)C#CCNC(=O)OC. The number of carbonyl (C=O) groups is 2. The Morgan fingerprint density at radius 1 is 1.33 bits per heavy atom. The van der Waals surface area contributed by atoms with Crippen LogP contribution in [0, 0.1) is 11.8 Å². The van der Waals surface area contributed by atoms with Crippen LogP contribution in [0.25, 0.3) is 0 Å². The molecule has 1 amide bonds. The highest BCUT2D eigenvalue weighted by Crippen LogP contribution is 1.70. The summed E-state index contributed by atoms with van der Waals surface area (Å²) in [5.41, 5.74) is 0. The highest BCUT2D eigenvalue weighted by atomic mass is 16.5. The van der Waals surface area contributed by atoms with Crippen LogP contribution in [-0.4, -0.2) is 32.8 Å². The van der Waals surface area contributed by atoms with Crippen molar-refractivity contribution in [1.29, 1.82) is 0 Å².